The zero-order valence-corrected chi connectivity index (χ0v) is 14.6. The van der Waals surface area contributed by atoms with Gasteiger partial charge in [0.25, 0.3) is 0 Å². The van der Waals surface area contributed by atoms with Gasteiger partial charge in [-0.2, -0.15) is 0 Å². The van der Waals surface area contributed by atoms with Crippen molar-refractivity contribution >= 4 is 23.4 Å². The molecule has 7 nitrogen and oxygen atoms in total. The lowest BCUT2D eigenvalue weighted by molar-refractivity contribution is 0.0601. The monoisotopic (exact) mass is 334 g/mol. The van der Waals surface area contributed by atoms with E-state index in [4.69, 9.17) is 4.74 Å². The first-order chi connectivity index (χ1) is 11.6. The molecule has 2 N–H and O–H groups in total. The van der Waals surface area contributed by atoms with Gasteiger partial charge >= 0.3 is 12.0 Å². The van der Waals surface area contributed by atoms with E-state index in [9.17, 15) is 9.59 Å². The Morgan fingerprint density at radius 1 is 1.21 bits per heavy atom. The number of nitrogens with zero attached hydrogens (tertiary/aromatic N) is 2. The summed E-state index contributed by atoms with van der Waals surface area (Å²) in [5.74, 6) is -0.351. The largest absolute Gasteiger partial charge is 0.465 e. The fraction of sp³-hybridized carbons (Fsp3) is 0.529. The van der Waals surface area contributed by atoms with Gasteiger partial charge in [0.2, 0.25) is 0 Å². The molecule has 0 unspecified atom stereocenters. The Bertz CT molecular complexity index is 591. The smallest absolute Gasteiger partial charge is 0.337 e. The standard InChI is InChI=1S/C17H26N4O3/c1-4-19-17(23)21-9-5-8-20(10-11-21)15-7-6-13(16(22)24-3)12-14(15)18-2/h6-7,12,18H,4-5,8-11H2,1-3H3,(H,19,23). The van der Waals surface area contributed by atoms with Crippen molar-refractivity contribution in [3.05, 3.63) is 23.8 Å². The van der Waals surface area contributed by atoms with Crippen molar-refractivity contribution < 1.29 is 14.3 Å². The van der Waals surface area contributed by atoms with E-state index in [0.717, 1.165) is 37.4 Å². The lowest BCUT2D eigenvalue weighted by Gasteiger charge is -2.26. The number of anilines is 2. The molecular formula is C17H26N4O3. The number of urea groups is 1. The van der Waals surface area contributed by atoms with E-state index in [1.54, 1.807) is 12.1 Å². The fourth-order valence-electron chi connectivity index (χ4n) is 2.88. The third-order valence-electron chi connectivity index (χ3n) is 4.14. The number of ether oxygens (including phenoxy) is 1. The second kappa shape index (κ2) is 8.42. The van der Waals surface area contributed by atoms with Crippen LogP contribution in [0.1, 0.15) is 23.7 Å². The number of hydrogen-bond acceptors (Lipinski definition) is 5. The first-order valence-electron chi connectivity index (χ1n) is 8.28. The van der Waals surface area contributed by atoms with Crippen LogP contribution in [0.2, 0.25) is 0 Å². The quantitative estimate of drug-likeness (QED) is 0.821. The van der Waals surface area contributed by atoms with Gasteiger partial charge in [0, 0.05) is 39.8 Å². The Morgan fingerprint density at radius 2 is 2.00 bits per heavy atom. The van der Waals surface area contributed by atoms with E-state index < -0.39 is 0 Å². The van der Waals surface area contributed by atoms with Crippen LogP contribution < -0.4 is 15.5 Å². The summed E-state index contributed by atoms with van der Waals surface area (Å²) in [5.41, 5.74) is 2.43. The van der Waals surface area contributed by atoms with Crippen LogP contribution in [0.25, 0.3) is 0 Å². The van der Waals surface area contributed by atoms with Crippen LogP contribution in [-0.2, 0) is 4.74 Å². The molecule has 0 aromatic heterocycles. The van der Waals surface area contributed by atoms with Gasteiger partial charge in [-0.05, 0) is 31.5 Å². The molecule has 1 fully saturated rings. The molecule has 1 saturated heterocycles. The molecule has 0 radical (unpaired) electrons. The van der Waals surface area contributed by atoms with Crippen LogP contribution in [-0.4, -0.2) is 63.8 Å². The minimum atomic E-state index is -0.351. The zero-order valence-electron chi connectivity index (χ0n) is 14.6. The summed E-state index contributed by atoms with van der Waals surface area (Å²) in [6.45, 7) is 5.60. The Labute approximate surface area is 142 Å². The summed E-state index contributed by atoms with van der Waals surface area (Å²) >= 11 is 0. The molecule has 2 rings (SSSR count). The highest BCUT2D eigenvalue weighted by Gasteiger charge is 2.20. The van der Waals surface area contributed by atoms with Crippen LogP contribution in [0.4, 0.5) is 16.2 Å². The predicted octanol–water partition coefficient (Wildman–Crippen LogP) is 1.76. The minimum absolute atomic E-state index is 0.00534. The normalized spacial score (nSPS) is 14.8. The van der Waals surface area contributed by atoms with E-state index in [1.807, 2.05) is 24.9 Å². The van der Waals surface area contributed by atoms with Crippen molar-refractivity contribution in [3.63, 3.8) is 0 Å². The van der Waals surface area contributed by atoms with Gasteiger partial charge in [-0.3, -0.25) is 0 Å². The van der Waals surface area contributed by atoms with Gasteiger partial charge in [-0.15, -0.1) is 0 Å². The minimum Gasteiger partial charge on any atom is -0.465 e. The van der Waals surface area contributed by atoms with Crippen LogP contribution in [0, 0.1) is 0 Å². The molecule has 132 valence electrons. The van der Waals surface area contributed by atoms with Gasteiger partial charge in [0.15, 0.2) is 0 Å². The summed E-state index contributed by atoms with van der Waals surface area (Å²) in [5, 5.41) is 6.00. The van der Waals surface area contributed by atoms with E-state index in [-0.39, 0.29) is 12.0 Å². The average molecular weight is 334 g/mol. The maximum atomic E-state index is 12.0. The third-order valence-corrected chi connectivity index (χ3v) is 4.14. The molecule has 2 amide bonds. The highest BCUT2D eigenvalue weighted by Crippen LogP contribution is 2.28. The van der Waals surface area contributed by atoms with E-state index >= 15 is 0 Å². The molecule has 0 spiro atoms. The van der Waals surface area contributed by atoms with Gasteiger partial charge in [0.1, 0.15) is 0 Å². The van der Waals surface area contributed by atoms with Gasteiger partial charge in [-0.1, -0.05) is 0 Å². The van der Waals surface area contributed by atoms with Gasteiger partial charge in [-0.25, -0.2) is 9.59 Å². The number of esters is 1. The molecule has 0 bridgehead atoms. The molecule has 0 aliphatic carbocycles. The number of rotatable bonds is 4. The second-order valence-electron chi connectivity index (χ2n) is 5.64. The highest BCUT2D eigenvalue weighted by atomic mass is 16.5. The van der Waals surface area contributed by atoms with Crippen LogP contribution in [0.5, 0.6) is 0 Å². The Kier molecular flexibility index (Phi) is 6.28. The summed E-state index contributed by atoms with van der Waals surface area (Å²) in [6.07, 6.45) is 0.902. The second-order valence-corrected chi connectivity index (χ2v) is 5.64. The lowest BCUT2D eigenvalue weighted by Crippen LogP contribution is -2.42. The number of hydrogen-bond donors (Lipinski definition) is 2. The van der Waals surface area contributed by atoms with Crippen LogP contribution in [0.15, 0.2) is 18.2 Å². The first-order valence-corrected chi connectivity index (χ1v) is 8.28. The maximum absolute atomic E-state index is 12.0. The van der Waals surface area contributed by atoms with Crippen LogP contribution >= 0.6 is 0 Å². The van der Waals surface area contributed by atoms with Crippen molar-refractivity contribution in [1.82, 2.24) is 10.2 Å². The molecule has 1 aliphatic heterocycles. The molecule has 0 atom stereocenters. The molecule has 1 aromatic rings. The van der Waals surface area contributed by atoms with Crippen molar-refractivity contribution in [3.8, 4) is 0 Å². The van der Waals surface area contributed by atoms with Gasteiger partial charge < -0.3 is 25.2 Å². The summed E-state index contributed by atoms with van der Waals surface area (Å²) in [4.78, 5) is 27.8. The van der Waals surface area contributed by atoms with Crippen molar-refractivity contribution in [2.75, 3.05) is 57.1 Å². The number of methoxy groups -OCH3 is 1. The number of nitrogens with one attached hydrogen (secondary N) is 2. The Balaban J connectivity index is 2.13. The topological polar surface area (TPSA) is 73.9 Å². The highest BCUT2D eigenvalue weighted by molar-refractivity contribution is 5.92. The van der Waals surface area contributed by atoms with E-state index in [0.29, 0.717) is 18.7 Å². The Hall–Kier alpha value is -2.44. The number of amides is 2. The summed E-state index contributed by atoms with van der Waals surface area (Å²) in [7, 11) is 3.21. The lowest BCUT2D eigenvalue weighted by atomic mass is 10.1. The Morgan fingerprint density at radius 3 is 2.67 bits per heavy atom. The number of carbonyl (C=O) groups is 2. The van der Waals surface area contributed by atoms with E-state index in [1.165, 1.54) is 7.11 Å². The number of benzene rings is 1. The fourth-order valence-corrected chi connectivity index (χ4v) is 2.88. The zero-order chi connectivity index (χ0) is 17.5. The van der Waals surface area contributed by atoms with Crippen molar-refractivity contribution in [2.45, 2.75) is 13.3 Å². The molecule has 24 heavy (non-hydrogen) atoms. The van der Waals surface area contributed by atoms with Gasteiger partial charge in [0.05, 0.1) is 24.0 Å². The molecule has 1 aliphatic rings. The maximum Gasteiger partial charge on any atom is 0.337 e. The molecule has 0 saturated carbocycles. The van der Waals surface area contributed by atoms with Crippen molar-refractivity contribution in [2.24, 2.45) is 0 Å². The predicted molar refractivity (Wildman–Crippen MR) is 94.8 cm³/mol. The van der Waals surface area contributed by atoms with E-state index in [2.05, 4.69) is 15.5 Å². The SMILES string of the molecule is CCNC(=O)N1CCCN(c2ccc(C(=O)OC)cc2NC)CC1. The molecule has 1 aromatic carbocycles. The first kappa shape index (κ1) is 17.9. The van der Waals surface area contributed by atoms with Crippen LogP contribution in [0.3, 0.4) is 0 Å². The molecule has 7 heteroatoms. The average Bonchev–Trinajstić information content (AvgIpc) is 2.86. The third kappa shape index (κ3) is 4.10. The van der Waals surface area contributed by atoms with Crippen molar-refractivity contribution in [1.29, 1.82) is 0 Å². The molecule has 1 heterocycles. The number of carbonyl (C=O) groups excluding carboxylic acids is 2. The summed E-state index contributed by atoms with van der Waals surface area (Å²) in [6, 6.07) is 5.50. The summed E-state index contributed by atoms with van der Waals surface area (Å²) < 4.78 is 4.77. The molecular weight excluding hydrogens is 308 g/mol.